The molecule has 1 saturated heterocycles. The van der Waals surface area contributed by atoms with Crippen molar-refractivity contribution in [2.75, 3.05) is 6.54 Å². The van der Waals surface area contributed by atoms with E-state index in [0.717, 1.165) is 13.0 Å². The molecule has 2 N–H and O–H groups in total. The highest BCUT2D eigenvalue weighted by atomic mass is 16.1. The number of carbonyl (C=O) groups is 1. The van der Waals surface area contributed by atoms with Gasteiger partial charge in [0.1, 0.15) is 6.04 Å². The van der Waals surface area contributed by atoms with Gasteiger partial charge in [0.2, 0.25) is 5.78 Å². The Balaban J connectivity index is 2.48. The highest BCUT2D eigenvalue weighted by Gasteiger charge is 2.25. The first-order chi connectivity index (χ1) is 4.72. The van der Waals surface area contributed by atoms with E-state index in [4.69, 9.17) is 0 Å². The lowest BCUT2D eigenvalue weighted by Crippen LogP contribution is -2.88. The fourth-order valence-electron chi connectivity index (χ4n) is 1.33. The van der Waals surface area contributed by atoms with Crippen molar-refractivity contribution in [3.63, 3.8) is 0 Å². The summed E-state index contributed by atoms with van der Waals surface area (Å²) in [5, 5.41) is 2.11. The summed E-state index contributed by atoms with van der Waals surface area (Å²) in [6.45, 7) is 6.52. The molecule has 1 unspecified atom stereocenters. The molecule has 0 aromatic rings. The quantitative estimate of drug-likeness (QED) is 0.532. The molecule has 1 heterocycles. The molecule has 2 nitrogen and oxygen atoms in total. The Morgan fingerprint density at radius 3 is 2.80 bits per heavy atom. The Morgan fingerprint density at radius 2 is 2.40 bits per heavy atom. The molecule has 0 radical (unpaired) electrons. The van der Waals surface area contributed by atoms with Crippen LogP contribution >= 0.6 is 0 Å². The van der Waals surface area contributed by atoms with Crippen LogP contribution in [0.15, 0.2) is 12.2 Å². The van der Waals surface area contributed by atoms with Crippen LogP contribution in [0, 0.1) is 0 Å². The van der Waals surface area contributed by atoms with Gasteiger partial charge >= 0.3 is 0 Å². The maximum absolute atomic E-state index is 11.2. The fraction of sp³-hybridized carbons (Fsp3) is 0.625. The molecule has 56 valence electrons. The van der Waals surface area contributed by atoms with Crippen LogP contribution in [0.3, 0.4) is 0 Å². The second kappa shape index (κ2) is 2.97. The third-order valence-corrected chi connectivity index (χ3v) is 1.93. The van der Waals surface area contributed by atoms with Gasteiger partial charge in [-0.3, -0.25) is 4.79 Å². The van der Waals surface area contributed by atoms with E-state index in [1.54, 1.807) is 6.92 Å². The summed E-state index contributed by atoms with van der Waals surface area (Å²) in [6, 6.07) is 0.192. The SMILES string of the molecule is C=C(C)C(=O)C1CCC[NH2+]1. The van der Waals surface area contributed by atoms with Crippen LogP contribution in [-0.4, -0.2) is 18.4 Å². The molecule has 1 atom stereocenters. The van der Waals surface area contributed by atoms with Crippen LogP contribution in [0.2, 0.25) is 0 Å². The number of hydrogen-bond donors (Lipinski definition) is 1. The Kier molecular flexibility index (Phi) is 2.22. The second-order valence-corrected chi connectivity index (χ2v) is 2.92. The summed E-state index contributed by atoms with van der Waals surface area (Å²) in [7, 11) is 0. The molecular weight excluding hydrogens is 126 g/mol. The fourth-order valence-corrected chi connectivity index (χ4v) is 1.33. The van der Waals surface area contributed by atoms with Crippen LogP contribution in [-0.2, 0) is 4.79 Å². The summed E-state index contributed by atoms with van der Waals surface area (Å²) in [6.07, 6.45) is 2.20. The molecule has 0 aromatic carbocycles. The number of carbonyl (C=O) groups excluding carboxylic acids is 1. The van der Waals surface area contributed by atoms with Gasteiger partial charge in [0.25, 0.3) is 0 Å². The first kappa shape index (κ1) is 7.48. The van der Waals surface area contributed by atoms with Crippen molar-refractivity contribution in [2.24, 2.45) is 0 Å². The van der Waals surface area contributed by atoms with Gasteiger partial charge in [-0.05, 0) is 12.5 Å². The molecule has 1 aliphatic heterocycles. The number of hydrogen-bond acceptors (Lipinski definition) is 1. The van der Waals surface area contributed by atoms with Gasteiger partial charge in [-0.2, -0.15) is 0 Å². The number of quaternary nitrogens is 1. The molecule has 0 saturated carbocycles. The summed E-state index contributed by atoms with van der Waals surface area (Å²) in [4.78, 5) is 11.2. The zero-order valence-electron chi connectivity index (χ0n) is 6.39. The van der Waals surface area contributed by atoms with Crippen molar-refractivity contribution in [3.05, 3.63) is 12.2 Å². The zero-order chi connectivity index (χ0) is 7.56. The van der Waals surface area contributed by atoms with Crippen LogP contribution in [0.5, 0.6) is 0 Å². The molecule has 0 spiro atoms. The first-order valence-corrected chi connectivity index (χ1v) is 3.75. The van der Waals surface area contributed by atoms with E-state index in [-0.39, 0.29) is 11.8 Å². The van der Waals surface area contributed by atoms with E-state index >= 15 is 0 Å². The number of rotatable bonds is 2. The van der Waals surface area contributed by atoms with E-state index < -0.39 is 0 Å². The predicted molar refractivity (Wildman–Crippen MR) is 39.6 cm³/mol. The minimum atomic E-state index is 0.192. The zero-order valence-corrected chi connectivity index (χ0v) is 6.39. The average Bonchev–Trinajstić information content (AvgIpc) is 2.36. The Labute approximate surface area is 61.3 Å². The number of Topliss-reactive ketones (excluding diaryl/α,β-unsaturated/α-hetero) is 1. The van der Waals surface area contributed by atoms with E-state index in [2.05, 4.69) is 11.9 Å². The molecule has 0 aromatic heterocycles. The third kappa shape index (κ3) is 1.45. The highest BCUT2D eigenvalue weighted by Crippen LogP contribution is 2.03. The van der Waals surface area contributed by atoms with Crippen molar-refractivity contribution < 1.29 is 10.1 Å². The normalized spacial score (nSPS) is 24.7. The van der Waals surface area contributed by atoms with Crippen LogP contribution < -0.4 is 5.32 Å². The molecule has 2 heteroatoms. The largest absolute Gasteiger partial charge is 0.337 e. The lowest BCUT2D eigenvalue weighted by atomic mass is 10.1. The summed E-state index contributed by atoms with van der Waals surface area (Å²) < 4.78 is 0. The average molecular weight is 140 g/mol. The highest BCUT2D eigenvalue weighted by molar-refractivity contribution is 5.97. The number of ketones is 1. The third-order valence-electron chi connectivity index (χ3n) is 1.93. The smallest absolute Gasteiger partial charge is 0.214 e. The molecule has 1 aliphatic rings. The topological polar surface area (TPSA) is 33.7 Å². The van der Waals surface area contributed by atoms with Crippen molar-refractivity contribution in [1.82, 2.24) is 0 Å². The standard InChI is InChI=1S/C8H13NO/c1-6(2)8(10)7-4-3-5-9-7/h7,9H,1,3-5H2,2H3/p+1. The van der Waals surface area contributed by atoms with Crippen molar-refractivity contribution >= 4 is 5.78 Å². The van der Waals surface area contributed by atoms with Gasteiger partial charge < -0.3 is 5.32 Å². The Hall–Kier alpha value is -0.630. The van der Waals surface area contributed by atoms with E-state index in [0.29, 0.717) is 5.57 Å². The molecule has 0 bridgehead atoms. The maximum atomic E-state index is 11.2. The van der Waals surface area contributed by atoms with Crippen LogP contribution in [0.25, 0.3) is 0 Å². The summed E-state index contributed by atoms with van der Waals surface area (Å²) >= 11 is 0. The van der Waals surface area contributed by atoms with Gasteiger partial charge in [0.15, 0.2) is 0 Å². The van der Waals surface area contributed by atoms with E-state index in [9.17, 15) is 4.79 Å². The lowest BCUT2D eigenvalue weighted by Gasteiger charge is -2.03. The van der Waals surface area contributed by atoms with Gasteiger partial charge in [-0.15, -0.1) is 0 Å². The lowest BCUT2D eigenvalue weighted by molar-refractivity contribution is -0.656. The summed E-state index contributed by atoms with van der Waals surface area (Å²) in [5.41, 5.74) is 0.697. The summed E-state index contributed by atoms with van der Waals surface area (Å²) in [5.74, 6) is 0.234. The molecular formula is C8H14NO+. The molecule has 1 rings (SSSR count). The minimum absolute atomic E-state index is 0.192. The van der Waals surface area contributed by atoms with Crippen molar-refractivity contribution in [3.8, 4) is 0 Å². The first-order valence-electron chi connectivity index (χ1n) is 3.75. The Morgan fingerprint density at radius 1 is 1.70 bits per heavy atom. The van der Waals surface area contributed by atoms with Gasteiger partial charge in [-0.1, -0.05) is 6.58 Å². The van der Waals surface area contributed by atoms with Crippen LogP contribution in [0.4, 0.5) is 0 Å². The predicted octanol–water partition coefficient (Wildman–Crippen LogP) is -0.143. The maximum Gasteiger partial charge on any atom is 0.214 e. The van der Waals surface area contributed by atoms with E-state index in [1.807, 2.05) is 0 Å². The van der Waals surface area contributed by atoms with E-state index in [1.165, 1.54) is 6.42 Å². The minimum Gasteiger partial charge on any atom is -0.337 e. The number of nitrogens with two attached hydrogens (primary N) is 1. The monoisotopic (exact) mass is 140 g/mol. The van der Waals surface area contributed by atoms with Crippen molar-refractivity contribution in [1.29, 1.82) is 0 Å². The van der Waals surface area contributed by atoms with Crippen LogP contribution in [0.1, 0.15) is 19.8 Å². The van der Waals surface area contributed by atoms with Gasteiger partial charge in [0.05, 0.1) is 6.54 Å². The van der Waals surface area contributed by atoms with Gasteiger partial charge in [-0.25, -0.2) is 0 Å². The van der Waals surface area contributed by atoms with Crippen molar-refractivity contribution in [2.45, 2.75) is 25.8 Å². The second-order valence-electron chi connectivity index (χ2n) is 2.92. The molecule has 1 fully saturated rings. The molecule has 0 aliphatic carbocycles. The molecule has 0 amide bonds. The molecule has 10 heavy (non-hydrogen) atoms. The van der Waals surface area contributed by atoms with Gasteiger partial charge in [0, 0.05) is 12.8 Å². The Bertz CT molecular complexity index is 157.